The number of halogens is 1. The number of rotatable bonds is 5. The fraction of sp³-hybridized carbons (Fsp3) is 0.381. The molecule has 2 fully saturated rings. The smallest absolute Gasteiger partial charge is 0.230 e. The fourth-order valence-electron chi connectivity index (χ4n) is 4.67. The zero-order valence-electron chi connectivity index (χ0n) is 15.8. The van der Waals surface area contributed by atoms with Gasteiger partial charge in [0.1, 0.15) is 16.4 Å². The van der Waals surface area contributed by atoms with Crippen LogP contribution in [0.25, 0.3) is 0 Å². The predicted octanol–water partition coefficient (Wildman–Crippen LogP) is 2.22. The molecule has 2 aromatic rings. The molecule has 0 N–H and O–H groups in total. The van der Waals surface area contributed by atoms with Crippen LogP contribution in [0.1, 0.15) is 10.6 Å². The van der Waals surface area contributed by atoms with Crippen molar-refractivity contribution in [2.75, 3.05) is 13.6 Å². The summed E-state index contributed by atoms with van der Waals surface area (Å²) in [5.74, 6) is -1.55. The monoisotopic (exact) mass is 413 g/mol. The van der Waals surface area contributed by atoms with Gasteiger partial charge in [0.05, 0.1) is 31.0 Å². The minimum Gasteiger partial charge on any atom is -0.360 e. The van der Waals surface area contributed by atoms with Gasteiger partial charge >= 0.3 is 0 Å². The third kappa shape index (κ3) is 2.98. The van der Waals surface area contributed by atoms with Crippen LogP contribution in [0.15, 0.2) is 48.0 Å². The van der Waals surface area contributed by atoms with Gasteiger partial charge in [0.25, 0.3) is 0 Å². The van der Waals surface area contributed by atoms with Gasteiger partial charge in [-0.15, -0.1) is 11.3 Å². The Morgan fingerprint density at radius 1 is 1.41 bits per heavy atom. The molecule has 1 aromatic carbocycles. The molecule has 2 saturated heterocycles. The second-order valence-corrected chi connectivity index (χ2v) is 8.82. The number of fused-ring (bicyclic) bond motifs is 1. The van der Waals surface area contributed by atoms with E-state index in [1.807, 2.05) is 17.5 Å². The molecule has 0 radical (unpaired) electrons. The van der Waals surface area contributed by atoms with E-state index in [2.05, 4.69) is 4.98 Å². The molecule has 2 amide bonds. The quantitative estimate of drug-likeness (QED) is 0.706. The van der Waals surface area contributed by atoms with Crippen LogP contribution in [0.2, 0.25) is 0 Å². The molecule has 1 aromatic heterocycles. The van der Waals surface area contributed by atoms with Gasteiger partial charge in [0.15, 0.2) is 0 Å². The number of hydrogen-bond acceptors (Lipinski definition) is 5. The normalized spacial score (nSPS) is 29.5. The van der Waals surface area contributed by atoms with Crippen LogP contribution in [0.3, 0.4) is 0 Å². The number of ether oxygens (including phenoxy) is 1. The van der Waals surface area contributed by atoms with Gasteiger partial charge in [-0.05, 0) is 17.7 Å². The largest absolute Gasteiger partial charge is 0.360 e. The van der Waals surface area contributed by atoms with Crippen molar-refractivity contribution in [1.82, 2.24) is 14.8 Å². The first-order valence-corrected chi connectivity index (χ1v) is 10.4. The Morgan fingerprint density at radius 2 is 2.21 bits per heavy atom. The van der Waals surface area contributed by atoms with E-state index in [9.17, 15) is 14.0 Å². The van der Waals surface area contributed by atoms with Gasteiger partial charge < -0.3 is 14.5 Å². The summed E-state index contributed by atoms with van der Waals surface area (Å²) in [6.07, 6.45) is 5.19. The molecule has 0 aliphatic carbocycles. The molecule has 0 saturated carbocycles. The first-order chi connectivity index (χ1) is 14.0. The number of aromatic nitrogens is 1. The van der Waals surface area contributed by atoms with E-state index in [-0.39, 0.29) is 23.7 Å². The van der Waals surface area contributed by atoms with Crippen LogP contribution in [0.4, 0.5) is 4.39 Å². The Morgan fingerprint density at radius 3 is 2.93 bits per heavy atom. The van der Waals surface area contributed by atoms with Crippen molar-refractivity contribution in [3.05, 3.63) is 64.4 Å². The molecule has 150 valence electrons. The van der Waals surface area contributed by atoms with Gasteiger partial charge in [-0.2, -0.15) is 0 Å². The third-order valence-corrected chi connectivity index (χ3v) is 6.75. The van der Waals surface area contributed by atoms with Gasteiger partial charge in [0, 0.05) is 25.2 Å². The summed E-state index contributed by atoms with van der Waals surface area (Å²) < 4.78 is 19.3. The molecule has 4 atom stereocenters. The minimum atomic E-state index is -0.746. The number of nitrogens with zero attached hydrogens (tertiary/aromatic N) is 3. The second-order valence-electron chi connectivity index (χ2n) is 7.84. The fourth-order valence-corrected chi connectivity index (χ4v) is 5.34. The van der Waals surface area contributed by atoms with E-state index in [0.717, 1.165) is 10.6 Å². The minimum absolute atomic E-state index is 0.0813. The Bertz CT molecular complexity index is 978. The van der Waals surface area contributed by atoms with Crippen molar-refractivity contribution in [2.45, 2.75) is 24.8 Å². The maximum atomic E-state index is 13.3. The number of likely N-dealkylation sites (tertiary alicyclic amines) is 1. The number of hydrogen-bond donors (Lipinski definition) is 0. The lowest BCUT2D eigenvalue weighted by Crippen LogP contribution is -2.44. The van der Waals surface area contributed by atoms with Crippen molar-refractivity contribution in [2.24, 2.45) is 11.8 Å². The highest BCUT2D eigenvalue weighted by Crippen LogP contribution is 2.52. The molecule has 4 heterocycles. The summed E-state index contributed by atoms with van der Waals surface area (Å²) in [5, 5.41) is 2.73. The number of thiazole rings is 1. The number of benzene rings is 1. The molecular weight excluding hydrogens is 393 g/mol. The lowest BCUT2D eigenvalue weighted by Gasteiger charge is -2.27. The van der Waals surface area contributed by atoms with E-state index in [0.29, 0.717) is 19.6 Å². The molecule has 2 bridgehead atoms. The molecule has 5 rings (SSSR count). The summed E-state index contributed by atoms with van der Waals surface area (Å²) in [5.41, 5.74) is 0.0999. The molecule has 0 unspecified atom stereocenters. The van der Waals surface area contributed by atoms with E-state index in [4.69, 9.17) is 4.74 Å². The van der Waals surface area contributed by atoms with Crippen LogP contribution in [0.5, 0.6) is 0 Å². The van der Waals surface area contributed by atoms with Crippen LogP contribution >= 0.6 is 11.3 Å². The molecule has 3 aliphatic rings. The lowest BCUT2D eigenvalue weighted by molar-refractivity contribution is -0.142. The lowest BCUT2D eigenvalue weighted by atomic mass is 9.76. The summed E-state index contributed by atoms with van der Waals surface area (Å²) in [6.45, 7) is 1.19. The van der Waals surface area contributed by atoms with Crippen LogP contribution in [-0.4, -0.2) is 51.9 Å². The number of amides is 2. The molecule has 1 spiro atoms. The Hall–Kier alpha value is -2.58. The third-order valence-electron chi connectivity index (χ3n) is 5.98. The first kappa shape index (κ1) is 18.4. The Labute approximate surface area is 171 Å². The van der Waals surface area contributed by atoms with E-state index in [1.165, 1.54) is 23.5 Å². The van der Waals surface area contributed by atoms with Crippen molar-refractivity contribution in [3.63, 3.8) is 0 Å². The standard InChI is InChI=1S/C21H20FN3O3S/c1-24(11-16-23-8-9-29-16)19(26)17-15-6-7-21(28-15)12-25(20(27)18(17)21)10-13-2-4-14(22)5-3-13/h2-9,15,17-18H,10-12H2,1H3/t15-,17+,18-,21-/m0/s1. The topological polar surface area (TPSA) is 62.7 Å². The maximum absolute atomic E-state index is 13.3. The highest BCUT2D eigenvalue weighted by atomic mass is 32.1. The van der Waals surface area contributed by atoms with E-state index >= 15 is 0 Å². The van der Waals surface area contributed by atoms with Crippen molar-refractivity contribution in [3.8, 4) is 0 Å². The molecule has 6 nitrogen and oxygen atoms in total. The number of carbonyl (C=O) groups excluding carboxylic acids is 2. The first-order valence-electron chi connectivity index (χ1n) is 9.51. The predicted molar refractivity (Wildman–Crippen MR) is 104 cm³/mol. The highest BCUT2D eigenvalue weighted by Gasteiger charge is 2.67. The molecule has 8 heteroatoms. The Kier molecular flexibility index (Phi) is 4.29. The summed E-state index contributed by atoms with van der Waals surface area (Å²) >= 11 is 1.50. The second kappa shape index (κ2) is 6.74. The number of carbonyl (C=O) groups is 2. The maximum Gasteiger partial charge on any atom is 0.230 e. The average Bonchev–Trinajstić information content (AvgIpc) is 3.46. The summed E-state index contributed by atoms with van der Waals surface area (Å²) in [4.78, 5) is 34.1. The highest BCUT2D eigenvalue weighted by molar-refractivity contribution is 7.09. The molecular formula is C21H20FN3O3S. The van der Waals surface area contributed by atoms with Gasteiger partial charge in [-0.1, -0.05) is 24.3 Å². The van der Waals surface area contributed by atoms with Gasteiger partial charge in [-0.25, -0.2) is 9.37 Å². The Balaban J connectivity index is 1.36. The zero-order valence-corrected chi connectivity index (χ0v) is 16.6. The van der Waals surface area contributed by atoms with Crippen molar-refractivity contribution >= 4 is 23.2 Å². The van der Waals surface area contributed by atoms with Crippen LogP contribution in [-0.2, 0) is 27.4 Å². The van der Waals surface area contributed by atoms with Crippen molar-refractivity contribution in [1.29, 1.82) is 0 Å². The van der Waals surface area contributed by atoms with Gasteiger partial charge in [-0.3, -0.25) is 9.59 Å². The average molecular weight is 413 g/mol. The van der Waals surface area contributed by atoms with Crippen LogP contribution < -0.4 is 0 Å². The van der Waals surface area contributed by atoms with Crippen molar-refractivity contribution < 1.29 is 18.7 Å². The summed E-state index contributed by atoms with van der Waals surface area (Å²) in [7, 11) is 1.74. The van der Waals surface area contributed by atoms with E-state index < -0.39 is 17.4 Å². The van der Waals surface area contributed by atoms with E-state index in [1.54, 1.807) is 35.2 Å². The SMILES string of the molecule is CN(Cc1nccs1)C(=O)[C@@H]1[C@@H]2C=C[C@@]3(CN(Cc4ccc(F)cc4)C(=O)[C@H]13)O2. The molecule has 29 heavy (non-hydrogen) atoms. The molecule has 3 aliphatic heterocycles. The van der Waals surface area contributed by atoms with Crippen LogP contribution in [0, 0.1) is 17.7 Å². The zero-order chi connectivity index (χ0) is 20.2. The van der Waals surface area contributed by atoms with Gasteiger partial charge in [0.2, 0.25) is 11.8 Å². The summed E-state index contributed by atoms with van der Waals surface area (Å²) in [6, 6.07) is 6.12.